The van der Waals surface area contributed by atoms with E-state index in [-0.39, 0.29) is 17.4 Å². The number of nitrogens with zero attached hydrogens (tertiary/aromatic N) is 4. The normalized spacial score (nSPS) is 14.8. The molecule has 0 unspecified atom stereocenters. The number of H-pyrrole nitrogens is 1. The molecule has 4 heterocycles. The third-order valence-corrected chi connectivity index (χ3v) is 6.27. The summed E-state index contributed by atoms with van der Waals surface area (Å²) in [6, 6.07) is 8.50. The number of piperazine rings is 1. The second-order valence-corrected chi connectivity index (χ2v) is 8.40. The lowest BCUT2D eigenvalue weighted by molar-refractivity contribution is 0.0962. The number of rotatable bonds is 4. The van der Waals surface area contributed by atoms with Gasteiger partial charge in [0.1, 0.15) is 11.3 Å². The number of amides is 1. The van der Waals surface area contributed by atoms with Crippen molar-refractivity contribution in [1.82, 2.24) is 24.6 Å². The molecular weight excluding hydrogens is 423 g/mol. The summed E-state index contributed by atoms with van der Waals surface area (Å²) in [6.45, 7) is 5.56. The Balaban J connectivity index is 1.29. The summed E-state index contributed by atoms with van der Waals surface area (Å²) >= 11 is 0. The summed E-state index contributed by atoms with van der Waals surface area (Å²) in [5, 5.41) is 2.51. The molecule has 1 aromatic carbocycles. The van der Waals surface area contributed by atoms with Crippen LogP contribution in [0.2, 0.25) is 0 Å². The van der Waals surface area contributed by atoms with E-state index in [1.54, 1.807) is 22.7 Å². The van der Waals surface area contributed by atoms with Crippen LogP contribution in [-0.4, -0.2) is 58.4 Å². The van der Waals surface area contributed by atoms with E-state index in [1.807, 2.05) is 30.2 Å². The molecule has 5 rings (SSSR count). The first-order valence-corrected chi connectivity index (χ1v) is 10.9. The molecule has 0 atom stereocenters. The van der Waals surface area contributed by atoms with Gasteiger partial charge in [0.15, 0.2) is 0 Å². The van der Waals surface area contributed by atoms with E-state index in [4.69, 9.17) is 0 Å². The Morgan fingerprint density at radius 1 is 1.18 bits per heavy atom. The van der Waals surface area contributed by atoms with Gasteiger partial charge in [0.25, 0.3) is 5.91 Å². The highest BCUT2D eigenvalue weighted by Gasteiger charge is 2.21. The van der Waals surface area contributed by atoms with Crippen molar-refractivity contribution in [3.05, 3.63) is 75.7 Å². The second-order valence-electron chi connectivity index (χ2n) is 8.40. The topological polar surface area (TPSA) is 85.7 Å². The lowest BCUT2D eigenvalue weighted by Gasteiger charge is -2.36. The highest BCUT2D eigenvalue weighted by molar-refractivity contribution is 5.94. The van der Waals surface area contributed by atoms with Crippen LogP contribution in [-0.2, 0) is 6.54 Å². The number of halogens is 1. The number of fused-ring (bicyclic) bond motifs is 3. The number of pyridine rings is 1. The van der Waals surface area contributed by atoms with Gasteiger partial charge in [-0.1, -0.05) is 0 Å². The van der Waals surface area contributed by atoms with E-state index >= 15 is 0 Å². The number of carbonyl (C=O) groups is 1. The van der Waals surface area contributed by atoms with Crippen LogP contribution < -0.4 is 15.9 Å². The van der Waals surface area contributed by atoms with Crippen molar-refractivity contribution in [3.8, 4) is 0 Å². The quantitative estimate of drug-likeness (QED) is 0.501. The van der Waals surface area contributed by atoms with Crippen LogP contribution in [0.4, 0.5) is 10.1 Å². The summed E-state index contributed by atoms with van der Waals surface area (Å²) < 4.78 is 16.2. The fourth-order valence-corrected chi connectivity index (χ4v) is 4.51. The minimum absolute atomic E-state index is 0.178. The van der Waals surface area contributed by atoms with Gasteiger partial charge >= 0.3 is 5.69 Å². The van der Waals surface area contributed by atoms with Crippen LogP contribution in [0.5, 0.6) is 0 Å². The molecule has 33 heavy (non-hydrogen) atoms. The molecule has 1 saturated heterocycles. The van der Waals surface area contributed by atoms with Crippen LogP contribution in [0, 0.1) is 12.7 Å². The Morgan fingerprint density at radius 2 is 1.97 bits per heavy atom. The molecule has 8 nitrogen and oxygen atoms in total. The Kier molecular flexibility index (Phi) is 5.33. The van der Waals surface area contributed by atoms with Crippen LogP contribution in [0.15, 0.2) is 47.5 Å². The zero-order chi connectivity index (χ0) is 23.1. The van der Waals surface area contributed by atoms with Gasteiger partial charge in [-0.2, -0.15) is 0 Å². The van der Waals surface area contributed by atoms with Gasteiger partial charge in [0.05, 0.1) is 16.7 Å². The van der Waals surface area contributed by atoms with Gasteiger partial charge in [-0.15, -0.1) is 0 Å². The number of anilines is 1. The first-order chi connectivity index (χ1) is 15.9. The van der Waals surface area contributed by atoms with Crippen molar-refractivity contribution < 1.29 is 9.18 Å². The SMILES string of the molecule is CNC(=O)c1ccc(N2CCN(Cc3cnc4c(c3)[nH]c(=O)n3ccc(C)c43)CC2)c(F)c1. The monoisotopic (exact) mass is 448 g/mol. The van der Waals surface area contributed by atoms with Crippen LogP contribution in [0.1, 0.15) is 21.5 Å². The van der Waals surface area contributed by atoms with Crippen LogP contribution in [0.25, 0.3) is 16.6 Å². The average Bonchev–Trinajstić information content (AvgIpc) is 3.21. The molecule has 1 aliphatic rings. The summed E-state index contributed by atoms with van der Waals surface area (Å²) in [5.41, 5.74) is 5.01. The molecule has 1 aliphatic heterocycles. The zero-order valence-electron chi connectivity index (χ0n) is 18.6. The highest BCUT2D eigenvalue weighted by atomic mass is 19.1. The standard InChI is InChI=1S/C24H25FN6O2/c1-15-5-6-31-22(15)21-19(28-24(31)33)11-16(13-27-21)14-29-7-9-30(10-8-29)20-4-3-17(12-18(20)25)23(32)26-2/h3-6,11-13H,7-10,14H2,1-2H3,(H,26,32)(H,28,33). The maximum Gasteiger partial charge on any atom is 0.330 e. The minimum Gasteiger partial charge on any atom is -0.367 e. The highest BCUT2D eigenvalue weighted by Crippen LogP contribution is 2.23. The maximum absolute atomic E-state index is 14.6. The summed E-state index contributed by atoms with van der Waals surface area (Å²) in [4.78, 5) is 36.0. The van der Waals surface area contributed by atoms with Gasteiger partial charge in [0, 0.05) is 57.7 Å². The number of aromatic nitrogens is 3. The third-order valence-electron chi connectivity index (χ3n) is 6.27. The predicted molar refractivity (Wildman–Crippen MR) is 125 cm³/mol. The number of benzene rings is 1. The zero-order valence-corrected chi connectivity index (χ0v) is 18.6. The van der Waals surface area contributed by atoms with Crippen LogP contribution >= 0.6 is 0 Å². The minimum atomic E-state index is -0.390. The Labute approximate surface area is 189 Å². The van der Waals surface area contributed by atoms with Crippen molar-refractivity contribution in [3.63, 3.8) is 0 Å². The molecule has 170 valence electrons. The smallest absolute Gasteiger partial charge is 0.330 e. The molecule has 0 bridgehead atoms. The molecule has 1 fully saturated rings. The average molecular weight is 449 g/mol. The summed E-state index contributed by atoms with van der Waals surface area (Å²) in [5.74, 6) is -0.692. The molecule has 0 spiro atoms. The van der Waals surface area contributed by atoms with E-state index in [0.717, 1.165) is 40.8 Å². The molecule has 0 aliphatic carbocycles. The van der Waals surface area contributed by atoms with Gasteiger partial charge < -0.3 is 15.2 Å². The summed E-state index contributed by atoms with van der Waals surface area (Å²) in [6.07, 6.45) is 3.61. The lowest BCUT2D eigenvalue weighted by Crippen LogP contribution is -2.46. The Hall–Kier alpha value is -3.72. The fraction of sp³-hybridized carbons (Fsp3) is 0.292. The van der Waals surface area contributed by atoms with E-state index < -0.39 is 0 Å². The van der Waals surface area contributed by atoms with Gasteiger partial charge in [-0.05, 0) is 48.4 Å². The van der Waals surface area contributed by atoms with Crippen molar-refractivity contribution >= 4 is 28.1 Å². The van der Waals surface area contributed by atoms with Gasteiger partial charge in [-0.3, -0.25) is 19.1 Å². The molecule has 1 amide bonds. The summed E-state index contributed by atoms with van der Waals surface area (Å²) in [7, 11) is 1.53. The fourth-order valence-electron chi connectivity index (χ4n) is 4.51. The lowest BCUT2D eigenvalue weighted by atomic mass is 10.1. The van der Waals surface area contributed by atoms with Gasteiger partial charge in [-0.25, -0.2) is 9.18 Å². The van der Waals surface area contributed by atoms with Gasteiger partial charge in [0.2, 0.25) is 0 Å². The molecule has 0 radical (unpaired) electrons. The Morgan fingerprint density at radius 3 is 2.70 bits per heavy atom. The molecule has 9 heteroatoms. The van der Waals surface area contributed by atoms with E-state index in [9.17, 15) is 14.0 Å². The Bertz CT molecular complexity index is 1420. The number of aromatic amines is 1. The second kappa shape index (κ2) is 8.32. The van der Waals surface area contributed by atoms with E-state index in [2.05, 4.69) is 20.2 Å². The first-order valence-electron chi connectivity index (χ1n) is 10.9. The van der Waals surface area contributed by atoms with E-state index in [1.165, 1.54) is 13.1 Å². The molecule has 3 aromatic heterocycles. The molecule has 2 N–H and O–H groups in total. The number of carbonyl (C=O) groups excluding carboxylic acids is 1. The molecule has 4 aromatic rings. The van der Waals surface area contributed by atoms with Crippen LogP contribution in [0.3, 0.4) is 0 Å². The van der Waals surface area contributed by atoms with Crippen molar-refractivity contribution in [2.24, 2.45) is 0 Å². The van der Waals surface area contributed by atoms with Crippen molar-refractivity contribution in [2.45, 2.75) is 13.5 Å². The number of aryl methyl sites for hydroxylation is 1. The van der Waals surface area contributed by atoms with E-state index in [0.29, 0.717) is 30.9 Å². The number of hydrogen-bond donors (Lipinski definition) is 2. The number of nitrogens with one attached hydrogen (secondary N) is 2. The third kappa shape index (κ3) is 3.84. The first kappa shape index (κ1) is 21.1. The maximum atomic E-state index is 14.6. The molecular formula is C24H25FN6O2. The predicted octanol–water partition coefficient (Wildman–Crippen LogP) is 2.31. The van der Waals surface area contributed by atoms with Crippen molar-refractivity contribution in [2.75, 3.05) is 38.1 Å². The number of hydrogen-bond acceptors (Lipinski definition) is 5. The largest absolute Gasteiger partial charge is 0.367 e. The molecule has 0 saturated carbocycles. The van der Waals surface area contributed by atoms with Crippen molar-refractivity contribution in [1.29, 1.82) is 0 Å².